The van der Waals surface area contributed by atoms with Gasteiger partial charge in [-0.1, -0.05) is 37.4 Å². The van der Waals surface area contributed by atoms with Crippen LogP contribution in [0.3, 0.4) is 0 Å². The van der Waals surface area contributed by atoms with Crippen molar-refractivity contribution in [2.45, 2.75) is 0 Å². The van der Waals surface area contributed by atoms with Gasteiger partial charge in [0.15, 0.2) is 0 Å². The van der Waals surface area contributed by atoms with Gasteiger partial charge in [-0.05, 0) is 0 Å². The van der Waals surface area contributed by atoms with Crippen molar-refractivity contribution in [3.63, 3.8) is 0 Å². The van der Waals surface area contributed by atoms with E-state index in [9.17, 15) is 0 Å². The third-order valence-corrected chi connectivity index (χ3v) is 0.744. The minimum absolute atomic E-state index is 0. The van der Waals surface area contributed by atoms with Gasteiger partial charge in [0.2, 0.25) is 0 Å². The molecule has 59 valence electrons. The maximum atomic E-state index is 3.61. The van der Waals surface area contributed by atoms with E-state index in [-0.39, 0.29) is 16.8 Å². The molecular formula is C6H6CoN4. The summed E-state index contributed by atoms with van der Waals surface area (Å²) in [6.45, 7) is 0. The van der Waals surface area contributed by atoms with Gasteiger partial charge in [-0.2, -0.15) is 0 Å². The zero-order valence-corrected chi connectivity index (χ0v) is 6.63. The van der Waals surface area contributed by atoms with Crippen molar-refractivity contribution >= 4 is 0 Å². The van der Waals surface area contributed by atoms with Crippen molar-refractivity contribution in [3.05, 3.63) is 37.4 Å². The first kappa shape index (κ1) is 9.93. The van der Waals surface area contributed by atoms with Gasteiger partial charge in [-0.3, -0.25) is 0 Å². The molecule has 4 nitrogen and oxygen atoms in total. The van der Waals surface area contributed by atoms with Gasteiger partial charge >= 0.3 is 16.8 Å². The first-order valence-corrected chi connectivity index (χ1v) is 2.73. The maximum absolute atomic E-state index is 3.61. The van der Waals surface area contributed by atoms with E-state index in [4.69, 9.17) is 0 Å². The monoisotopic (exact) mass is 193 g/mol. The average molecular weight is 193 g/mol. The summed E-state index contributed by atoms with van der Waals surface area (Å²) in [6, 6.07) is 0. The van der Waals surface area contributed by atoms with Crippen molar-refractivity contribution in [1.29, 1.82) is 0 Å². The van der Waals surface area contributed by atoms with Crippen molar-refractivity contribution in [2.24, 2.45) is 0 Å². The molecule has 0 aliphatic carbocycles. The van der Waals surface area contributed by atoms with Crippen LogP contribution in [0.2, 0.25) is 0 Å². The molecule has 0 atom stereocenters. The molecule has 0 saturated heterocycles. The second kappa shape index (κ2) is 7.04. The molecular weight excluding hydrogens is 187 g/mol. The number of rotatable bonds is 0. The second-order valence-electron chi connectivity index (χ2n) is 1.42. The number of nitrogens with zero attached hydrogens (tertiary/aromatic N) is 4. The second-order valence-corrected chi connectivity index (χ2v) is 1.42. The van der Waals surface area contributed by atoms with E-state index in [1.807, 2.05) is 0 Å². The molecule has 0 aromatic carbocycles. The number of hydrogen-bond donors (Lipinski definition) is 0. The molecule has 0 aliphatic rings. The van der Waals surface area contributed by atoms with Crippen molar-refractivity contribution in [2.75, 3.05) is 0 Å². The predicted molar refractivity (Wildman–Crippen MR) is 35.1 cm³/mol. The van der Waals surface area contributed by atoms with Crippen LogP contribution in [0.4, 0.5) is 0 Å². The van der Waals surface area contributed by atoms with Crippen molar-refractivity contribution < 1.29 is 16.8 Å². The zero-order chi connectivity index (χ0) is 7.07. The standard InChI is InChI=1S/2C3H3N2.Co/c2*1-2-5-3-4-1;/h2*1-3H;/q2*-1;+2. The number of imidazole rings is 2. The van der Waals surface area contributed by atoms with E-state index >= 15 is 0 Å². The van der Waals surface area contributed by atoms with Gasteiger partial charge in [0.1, 0.15) is 0 Å². The van der Waals surface area contributed by atoms with Crippen LogP contribution in [0.25, 0.3) is 0 Å². The van der Waals surface area contributed by atoms with Crippen LogP contribution in [0.1, 0.15) is 0 Å². The molecule has 0 amide bonds. The Balaban J connectivity index is 0.000000167. The summed E-state index contributed by atoms with van der Waals surface area (Å²) in [4.78, 5) is 14.4. The summed E-state index contributed by atoms with van der Waals surface area (Å²) in [5, 5.41) is 0. The molecule has 0 bridgehead atoms. The molecule has 0 spiro atoms. The van der Waals surface area contributed by atoms with E-state index in [0.717, 1.165) is 0 Å². The van der Waals surface area contributed by atoms with Crippen LogP contribution in [-0.4, -0.2) is 9.97 Å². The minimum atomic E-state index is 0. The quantitative estimate of drug-likeness (QED) is 0.594. The summed E-state index contributed by atoms with van der Waals surface area (Å²) in [7, 11) is 0. The summed E-state index contributed by atoms with van der Waals surface area (Å²) in [6.07, 6.45) is 9.56. The Morgan fingerprint density at radius 3 is 1.36 bits per heavy atom. The van der Waals surface area contributed by atoms with Gasteiger partial charge in [0.05, 0.1) is 0 Å². The fourth-order valence-corrected chi connectivity index (χ4v) is 0.385. The normalized spacial score (nSPS) is 7.27. The fraction of sp³-hybridized carbons (Fsp3) is 0. The average Bonchev–Trinajstić information content (AvgIpc) is 2.67. The SMILES string of the molecule is [Co+2].c1c[n-]cn1.c1c[n-]cn1. The van der Waals surface area contributed by atoms with Crippen LogP contribution in [0.5, 0.6) is 0 Å². The van der Waals surface area contributed by atoms with Crippen LogP contribution in [0, 0.1) is 0 Å². The molecule has 0 aliphatic heterocycles. The van der Waals surface area contributed by atoms with Gasteiger partial charge < -0.3 is 19.9 Å². The zero-order valence-electron chi connectivity index (χ0n) is 5.59. The summed E-state index contributed by atoms with van der Waals surface area (Å²) in [5.41, 5.74) is 0. The molecule has 0 saturated carbocycles. The van der Waals surface area contributed by atoms with E-state index in [2.05, 4.69) is 19.9 Å². The molecule has 2 aromatic rings. The molecule has 11 heavy (non-hydrogen) atoms. The first-order chi connectivity index (χ1) is 5.00. The van der Waals surface area contributed by atoms with Gasteiger partial charge in [0.25, 0.3) is 0 Å². The molecule has 5 heteroatoms. The Morgan fingerprint density at radius 2 is 1.27 bits per heavy atom. The molecule has 0 unspecified atom stereocenters. The van der Waals surface area contributed by atoms with Crippen molar-refractivity contribution in [3.8, 4) is 0 Å². The fourth-order valence-electron chi connectivity index (χ4n) is 0.385. The molecule has 0 N–H and O–H groups in total. The first-order valence-electron chi connectivity index (χ1n) is 2.73. The Hall–Kier alpha value is -1.07. The summed E-state index contributed by atoms with van der Waals surface area (Å²) < 4.78 is 0. The molecule has 0 fully saturated rings. The summed E-state index contributed by atoms with van der Waals surface area (Å²) >= 11 is 0. The van der Waals surface area contributed by atoms with Gasteiger partial charge in [-0.15, -0.1) is 0 Å². The largest absolute Gasteiger partial charge is 2.00 e. The third-order valence-electron chi connectivity index (χ3n) is 0.744. The third kappa shape index (κ3) is 5.37. The number of aromatic nitrogens is 4. The van der Waals surface area contributed by atoms with Crippen LogP contribution in [0.15, 0.2) is 37.4 Å². The van der Waals surface area contributed by atoms with Crippen LogP contribution >= 0.6 is 0 Å². The Bertz CT molecular complexity index is 154. The van der Waals surface area contributed by atoms with E-state index in [0.29, 0.717) is 0 Å². The van der Waals surface area contributed by atoms with Crippen LogP contribution < -0.4 is 9.97 Å². The number of hydrogen-bond acceptors (Lipinski definition) is 2. The molecule has 2 aromatic heterocycles. The maximum Gasteiger partial charge on any atom is 2.00 e. The molecule has 2 rings (SSSR count). The Morgan fingerprint density at radius 1 is 0.818 bits per heavy atom. The predicted octanol–water partition coefficient (Wildman–Crippen LogP) is 0.0751. The van der Waals surface area contributed by atoms with E-state index in [1.165, 1.54) is 12.7 Å². The van der Waals surface area contributed by atoms with Gasteiger partial charge in [-0.25, -0.2) is 0 Å². The van der Waals surface area contributed by atoms with E-state index in [1.54, 1.807) is 24.8 Å². The van der Waals surface area contributed by atoms with Crippen molar-refractivity contribution in [1.82, 2.24) is 19.9 Å². The Labute approximate surface area is 74.7 Å². The van der Waals surface area contributed by atoms with Crippen LogP contribution in [-0.2, 0) is 16.8 Å². The molecule has 2 heterocycles. The summed E-state index contributed by atoms with van der Waals surface area (Å²) in [5.74, 6) is 0. The smallest absolute Gasteiger partial charge is 0.450 e. The molecule has 1 radical (unpaired) electrons. The Kier molecular flexibility index (Phi) is 6.35. The minimum Gasteiger partial charge on any atom is -0.450 e. The topological polar surface area (TPSA) is 54.0 Å². The van der Waals surface area contributed by atoms with Gasteiger partial charge in [0, 0.05) is 0 Å². The van der Waals surface area contributed by atoms with E-state index < -0.39 is 0 Å².